The van der Waals surface area contributed by atoms with Crippen molar-refractivity contribution in [3.05, 3.63) is 0 Å². The van der Waals surface area contributed by atoms with Gasteiger partial charge in [-0.2, -0.15) is 5.26 Å². The summed E-state index contributed by atoms with van der Waals surface area (Å²) in [6, 6.07) is 2.30. The molecule has 0 aliphatic heterocycles. The summed E-state index contributed by atoms with van der Waals surface area (Å²) in [7, 11) is 0. The van der Waals surface area contributed by atoms with Crippen LogP contribution in [0.4, 0.5) is 0 Å². The van der Waals surface area contributed by atoms with E-state index in [4.69, 9.17) is 5.26 Å². The summed E-state index contributed by atoms with van der Waals surface area (Å²) in [6.07, 6.45) is 10.3. The second-order valence-corrected chi connectivity index (χ2v) is 4.39. The van der Waals surface area contributed by atoms with Crippen molar-refractivity contribution in [1.29, 1.82) is 5.26 Å². The third kappa shape index (κ3) is 3.81. The molecule has 1 heteroatoms. The average Bonchev–Trinajstić information content (AvgIpc) is 2.17. The third-order valence-corrected chi connectivity index (χ3v) is 3.31. The van der Waals surface area contributed by atoms with Gasteiger partial charge < -0.3 is 0 Å². The van der Waals surface area contributed by atoms with Crippen LogP contribution in [0.5, 0.6) is 0 Å². The van der Waals surface area contributed by atoms with Crippen molar-refractivity contribution in [3.63, 3.8) is 0 Å². The fourth-order valence-corrected chi connectivity index (χ4v) is 2.35. The zero-order valence-corrected chi connectivity index (χ0v) is 8.76. The van der Waals surface area contributed by atoms with E-state index in [-0.39, 0.29) is 0 Å². The molecule has 0 heterocycles. The van der Waals surface area contributed by atoms with Crippen LogP contribution in [0, 0.1) is 23.2 Å². The van der Waals surface area contributed by atoms with E-state index in [2.05, 4.69) is 13.0 Å². The van der Waals surface area contributed by atoms with E-state index in [1.807, 2.05) is 0 Å². The van der Waals surface area contributed by atoms with Crippen molar-refractivity contribution >= 4 is 0 Å². The number of nitrogens with zero attached hydrogens (tertiary/aromatic N) is 1. The number of hydrogen-bond donors (Lipinski definition) is 0. The Morgan fingerprint density at radius 3 is 2.31 bits per heavy atom. The number of hydrogen-bond acceptors (Lipinski definition) is 1. The maximum absolute atomic E-state index is 8.58. The molecule has 0 unspecified atom stereocenters. The molecule has 0 N–H and O–H groups in total. The largest absolute Gasteiger partial charge is 0.198 e. The summed E-state index contributed by atoms with van der Waals surface area (Å²) in [6.45, 7) is 2.27. The van der Waals surface area contributed by atoms with Crippen molar-refractivity contribution in [1.82, 2.24) is 0 Å². The molecule has 0 aromatic rings. The highest BCUT2D eigenvalue weighted by atomic mass is 14.3. The normalized spacial score (nSPS) is 28.3. The van der Waals surface area contributed by atoms with E-state index in [0.29, 0.717) is 0 Å². The molecule has 0 bridgehead atoms. The van der Waals surface area contributed by atoms with Crippen molar-refractivity contribution in [3.8, 4) is 6.07 Å². The summed E-state index contributed by atoms with van der Waals surface area (Å²) in [5, 5.41) is 8.58. The van der Waals surface area contributed by atoms with Gasteiger partial charge in [0, 0.05) is 6.42 Å². The smallest absolute Gasteiger partial charge is 0.0624 e. The minimum Gasteiger partial charge on any atom is -0.198 e. The maximum atomic E-state index is 8.58. The summed E-state index contributed by atoms with van der Waals surface area (Å²) < 4.78 is 0. The molecule has 0 radical (unpaired) electrons. The van der Waals surface area contributed by atoms with Gasteiger partial charge in [0.15, 0.2) is 0 Å². The van der Waals surface area contributed by atoms with E-state index < -0.39 is 0 Å². The number of nitriles is 1. The number of unbranched alkanes of at least 4 members (excludes halogenated alkanes) is 1. The third-order valence-electron chi connectivity index (χ3n) is 3.31. The van der Waals surface area contributed by atoms with Crippen LogP contribution in [0.15, 0.2) is 0 Å². The highest BCUT2D eigenvalue weighted by Crippen LogP contribution is 2.33. The lowest BCUT2D eigenvalue weighted by atomic mass is 9.79. The fraction of sp³-hybridized carbons (Fsp3) is 0.917. The highest BCUT2D eigenvalue weighted by molar-refractivity contribution is 4.80. The highest BCUT2D eigenvalue weighted by Gasteiger charge is 2.19. The van der Waals surface area contributed by atoms with E-state index >= 15 is 0 Å². The molecule has 0 atom stereocenters. The summed E-state index contributed by atoms with van der Waals surface area (Å²) in [5.41, 5.74) is 0. The molecular weight excluding hydrogens is 158 g/mol. The van der Waals surface area contributed by atoms with Crippen LogP contribution in [0.2, 0.25) is 0 Å². The Morgan fingerprint density at radius 1 is 1.15 bits per heavy atom. The molecule has 0 saturated heterocycles. The van der Waals surface area contributed by atoms with E-state index in [1.54, 1.807) is 0 Å². The first-order chi connectivity index (χ1) is 6.36. The van der Waals surface area contributed by atoms with Gasteiger partial charge in [-0.15, -0.1) is 0 Å². The summed E-state index contributed by atoms with van der Waals surface area (Å²) >= 11 is 0. The lowest BCUT2D eigenvalue weighted by molar-refractivity contribution is 0.262. The number of rotatable bonds is 4. The molecule has 1 fully saturated rings. The standard InChI is InChI=1S/C12H21N/c1-2-3-4-11-5-7-12(8-6-11)9-10-13/h11-12H,2-9H2,1H3. The molecular formula is C12H21N. The van der Waals surface area contributed by atoms with E-state index in [1.165, 1.54) is 44.9 Å². The molecule has 1 saturated carbocycles. The molecule has 1 aliphatic carbocycles. The van der Waals surface area contributed by atoms with E-state index in [0.717, 1.165) is 18.3 Å². The zero-order chi connectivity index (χ0) is 9.52. The second-order valence-electron chi connectivity index (χ2n) is 4.39. The van der Waals surface area contributed by atoms with Gasteiger partial charge >= 0.3 is 0 Å². The van der Waals surface area contributed by atoms with Gasteiger partial charge in [-0.1, -0.05) is 39.0 Å². The van der Waals surface area contributed by atoms with Crippen molar-refractivity contribution in [2.45, 2.75) is 58.3 Å². The average molecular weight is 179 g/mol. The van der Waals surface area contributed by atoms with Crippen LogP contribution in [0.1, 0.15) is 58.3 Å². The van der Waals surface area contributed by atoms with E-state index in [9.17, 15) is 0 Å². The van der Waals surface area contributed by atoms with Crippen LogP contribution in [0.25, 0.3) is 0 Å². The van der Waals surface area contributed by atoms with Gasteiger partial charge in [-0.3, -0.25) is 0 Å². The SMILES string of the molecule is CCCCC1CCC(CC#N)CC1. The van der Waals surface area contributed by atoms with Crippen LogP contribution in [0.3, 0.4) is 0 Å². The molecule has 1 aliphatic rings. The Morgan fingerprint density at radius 2 is 1.77 bits per heavy atom. The first kappa shape index (κ1) is 10.6. The topological polar surface area (TPSA) is 23.8 Å². The molecule has 74 valence electrons. The Hall–Kier alpha value is -0.510. The van der Waals surface area contributed by atoms with Crippen molar-refractivity contribution in [2.24, 2.45) is 11.8 Å². The van der Waals surface area contributed by atoms with Gasteiger partial charge in [0.2, 0.25) is 0 Å². The Bertz CT molecular complexity index is 160. The lowest BCUT2D eigenvalue weighted by Gasteiger charge is -2.26. The van der Waals surface area contributed by atoms with Crippen LogP contribution in [-0.4, -0.2) is 0 Å². The summed E-state index contributed by atoms with van der Waals surface area (Å²) in [4.78, 5) is 0. The first-order valence-corrected chi connectivity index (χ1v) is 5.73. The minimum absolute atomic E-state index is 0.725. The molecule has 0 spiro atoms. The lowest BCUT2D eigenvalue weighted by Crippen LogP contribution is -2.14. The Balaban J connectivity index is 2.12. The van der Waals surface area contributed by atoms with Gasteiger partial charge in [-0.25, -0.2) is 0 Å². The first-order valence-electron chi connectivity index (χ1n) is 5.73. The van der Waals surface area contributed by atoms with Gasteiger partial charge in [-0.05, 0) is 24.7 Å². The Kier molecular flexibility index (Phi) is 4.90. The quantitative estimate of drug-likeness (QED) is 0.642. The summed E-state index contributed by atoms with van der Waals surface area (Å²) in [5.74, 6) is 1.71. The second kappa shape index (κ2) is 6.02. The molecule has 1 nitrogen and oxygen atoms in total. The monoisotopic (exact) mass is 179 g/mol. The van der Waals surface area contributed by atoms with Gasteiger partial charge in [0.25, 0.3) is 0 Å². The van der Waals surface area contributed by atoms with Gasteiger partial charge in [0.1, 0.15) is 0 Å². The van der Waals surface area contributed by atoms with Crippen LogP contribution >= 0.6 is 0 Å². The van der Waals surface area contributed by atoms with Crippen molar-refractivity contribution < 1.29 is 0 Å². The molecule has 1 rings (SSSR count). The minimum atomic E-state index is 0.725. The Labute approximate surface area is 82.1 Å². The van der Waals surface area contributed by atoms with Crippen LogP contribution < -0.4 is 0 Å². The molecule has 0 aromatic carbocycles. The zero-order valence-electron chi connectivity index (χ0n) is 8.76. The molecule has 0 amide bonds. The predicted molar refractivity (Wildman–Crippen MR) is 55.2 cm³/mol. The molecule has 0 aromatic heterocycles. The fourth-order valence-electron chi connectivity index (χ4n) is 2.35. The van der Waals surface area contributed by atoms with Crippen LogP contribution in [-0.2, 0) is 0 Å². The maximum Gasteiger partial charge on any atom is 0.0624 e. The molecule has 13 heavy (non-hydrogen) atoms. The van der Waals surface area contributed by atoms with Gasteiger partial charge in [0.05, 0.1) is 6.07 Å². The predicted octanol–water partition coefficient (Wildman–Crippen LogP) is 3.90. The van der Waals surface area contributed by atoms with Crippen molar-refractivity contribution in [2.75, 3.05) is 0 Å².